The lowest BCUT2D eigenvalue weighted by atomic mass is 9.94. The summed E-state index contributed by atoms with van der Waals surface area (Å²) in [5.74, 6) is 1.46. The van der Waals surface area contributed by atoms with Gasteiger partial charge in [-0.05, 0) is 74.7 Å². The summed E-state index contributed by atoms with van der Waals surface area (Å²) in [4.78, 5) is 18.3. The molecule has 1 N–H and O–H groups in total. The average molecular weight is 616 g/mol. The van der Waals surface area contributed by atoms with E-state index in [1.165, 1.54) is 12.1 Å². The van der Waals surface area contributed by atoms with Crippen LogP contribution in [0.3, 0.4) is 0 Å². The number of terminal acetylenes is 1. The van der Waals surface area contributed by atoms with Gasteiger partial charge in [0.2, 0.25) is 5.88 Å². The molecular weight excluding hydrogens is 583 g/mol. The molecule has 8 rings (SSSR count). The summed E-state index contributed by atoms with van der Waals surface area (Å²) in [6.07, 6.45) is 9.79. The summed E-state index contributed by atoms with van der Waals surface area (Å²) in [5, 5.41) is 11.7. The van der Waals surface area contributed by atoms with E-state index in [2.05, 4.69) is 25.7 Å². The molecule has 6 heterocycles. The number of anilines is 1. The van der Waals surface area contributed by atoms with Crippen LogP contribution in [0.15, 0.2) is 18.2 Å². The number of hydrogen-bond donors (Lipinski definition) is 1. The van der Waals surface area contributed by atoms with Crippen LogP contribution in [0.25, 0.3) is 32.9 Å². The number of alkyl halides is 1. The molecule has 232 valence electrons. The van der Waals surface area contributed by atoms with Crippen molar-refractivity contribution in [1.82, 2.24) is 19.9 Å². The fourth-order valence-electron chi connectivity index (χ4n) is 7.90. The number of ether oxygens (including phenoxy) is 2. The summed E-state index contributed by atoms with van der Waals surface area (Å²) in [6.45, 7) is 3.96. The molecule has 11 heteroatoms. The summed E-state index contributed by atoms with van der Waals surface area (Å²) in [6, 6.07) is 4.31. The number of phenolic OH excluding ortho intramolecular Hbond substituents is 1. The van der Waals surface area contributed by atoms with Crippen LogP contribution in [0, 0.1) is 30.9 Å². The fraction of sp³-hybridized carbons (Fsp3) is 0.441. The number of phenols is 1. The number of aromatic nitrogens is 3. The Morgan fingerprint density at radius 1 is 1.11 bits per heavy atom. The van der Waals surface area contributed by atoms with Gasteiger partial charge < -0.3 is 19.5 Å². The molecule has 1 unspecified atom stereocenters. The highest BCUT2D eigenvalue weighted by molar-refractivity contribution is 6.04. The average Bonchev–Trinajstić information content (AvgIpc) is 3.50. The van der Waals surface area contributed by atoms with E-state index in [4.69, 9.17) is 20.9 Å². The number of nitrogens with zero attached hydrogens (tertiary/aromatic N) is 5. The van der Waals surface area contributed by atoms with E-state index >= 15 is 8.78 Å². The van der Waals surface area contributed by atoms with Crippen LogP contribution in [0.4, 0.5) is 19.0 Å². The Morgan fingerprint density at radius 3 is 2.82 bits per heavy atom. The van der Waals surface area contributed by atoms with Crippen molar-refractivity contribution in [3.8, 4) is 41.2 Å². The zero-order valence-corrected chi connectivity index (χ0v) is 24.9. The Labute approximate surface area is 258 Å². The Balaban J connectivity index is 1.34. The first kappa shape index (κ1) is 28.2. The molecule has 0 bridgehead atoms. The molecule has 4 aliphatic rings. The van der Waals surface area contributed by atoms with Crippen molar-refractivity contribution in [2.24, 2.45) is 0 Å². The van der Waals surface area contributed by atoms with E-state index < -0.39 is 23.3 Å². The highest BCUT2D eigenvalue weighted by Crippen LogP contribution is 2.45. The predicted octanol–water partition coefficient (Wildman–Crippen LogP) is 5.83. The third-order valence-electron chi connectivity index (χ3n) is 10.00. The number of pyridine rings is 1. The lowest BCUT2D eigenvalue weighted by Gasteiger charge is -2.35. The standard InChI is InChI=1S/C34H32F3N5O3/c1-3-23-25-19(11-18(2)27(23)36)12-22(43)13-24(25)29-28(37)30-26-31(42-10-5-4-7-21(42)16-44-32(26)38-29)40-33(39-30)45-17-34-8-6-9-41(34)15-20(35)14-34/h1,11-13,20-21,43H,4-10,14-17H2,2H3/t20?,21-,34-/m0/s1. The number of hydrogen-bond acceptors (Lipinski definition) is 8. The maximum Gasteiger partial charge on any atom is 0.319 e. The summed E-state index contributed by atoms with van der Waals surface area (Å²) in [5.41, 5.74) is -0.342. The lowest BCUT2D eigenvalue weighted by Crippen LogP contribution is -2.44. The first-order valence-corrected chi connectivity index (χ1v) is 15.5. The van der Waals surface area contributed by atoms with E-state index in [1.807, 2.05) is 0 Å². The van der Waals surface area contributed by atoms with Crippen LogP contribution in [0.5, 0.6) is 17.6 Å². The van der Waals surface area contributed by atoms with Gasteiger partial charge in [0, 0.05) is 30.5 Å². The third-order valence-corrected chi connectivity index (χ3v) is 10.00. The van der Waals surface area contributed by atoms with Gasteiger partial charge in [0.15, 0.2) is 5.82 Å². The highest BCUT2D eigenvalue weighted by atomic mass is 19.1. The van der Waals surface area contributed by atoms with E-state index in [1.54, 1.807) is 13.0 Å². The van der Waals surface area contributed by atoms with Gasteiger partial charge in [-0.3, -0.25) is 4.90 Å². The Morgan fingerprint density at radius 2 is 1.98 bits per heavy atom. The first-order valence-electron chi connectivity index (χ1n) is 15.5. The molecule has 4 aliphatic heterocycles. The predicted molar refractivity (Wildman–Crippen MR) is 164 cm³/mol. The fourth-order valence-corrected chi connectivity index (χ4v) is 7.90. The van der Waals surface area contributed by atoms with E-state index in [0.29, 0.717) is 48.3 Å². The monoisotopic (exact) mass is 615 g/mol. The Bertz CT molecular complexity index is 1930. The third kappa shape index (κ3) is 4.36. The molecule has 0 aliphatic carbocycles. The van der Waals surface area contributed by atoms with Crippen LogP contribution in [0.1, 0.15) is 49.7 Å². The van der Waals surface area contributed by atoms with Gasteiger partial charge in [-0.15, -0.1) is 6.42 Å². The number of aryl methyl sites for hydroxylation is 1. The number of fused-ring (bicyclic) bond motifs is 4. The van der Waals surface area contributed by atoms with Crippen LogP contribution in [-0.4, -0.2) is 75.6 Å². The number of benzene rings is 2. The normalized spacial score (nSPS) is 24.3. The Kier molecular flexibility index (Phi) is 6.50. The van der Waals surface area contributed by atoms with Crippen molar-refractivity contribution in [2.45, 2.75) is 63.2 Å². The van der Waals surface area contributed by atoms with Gasteiger partial charge in [-0.1, -0.05) is 5.92 Å². The van der Waals surface area contributed by atoms with Crippen LogP contribution in [-0.2, 0) is 0 Å². The van der Waals surface area contributed by atoms with Crippen LogP contribution < -0.4 is 14.4 Å². The van der Waals surface area contributed by atoms with Gasteiger partial charge in [-0.2, -0.15) is 9.97 Å². The van der Waals surface area contributed by atoms with Crippen LogP contribution in [0.2, 0.25) is 0 Å². The van der Waals surface area contributed by atoms with E-state index in [0.717, 1.165) is 38.6 Å². The van der Waals surface area contributed by atoms with Crippen molar-refractivity contribution in [2.75, 3.05) is 37.7 Å². The molecule has 2 aromatic heterocycles. The number of piperidine rings is 1. The summed E-state index contributed by atoms with van der Waals surface area (Å²) in [7, 11) is 0. The van der Waals surface area contributed by atoms with Crippen molar-refractivity contribution >= 4 is 27.5 Å². The molecule has 3 fully saturated rings. The molecule has 0 amide bonds. The largest absolute Gasteiger partial charge is 0.508 e. The minimum absolute atomic E-state index is 0.0110. The zero-order chi connectivity index (χ0) is 31.0. The van der Waals surface area contributed by atoms with Crippen molar-refractivity contribution in [3.63, 3.8) is 0 Å². The molecule has 2 aromatic carbocycles. The van der Waals surface area contributed by atoms with Gasteiger partial charge >= 0.3 is 6.01 Å². The first-order chi connectivity index (χ1) is 21.8. The highest BCUT2D eigenvalue weighted by Gasteiger charge is 2.49. The molecule has 0 saturated carbocycles. The van der Waals surface area contributed by atoms with E-state index in [9.17, 15) is 9.50 Å². The SMILES string of the molecule is C#Cc1c(F)c(C)cc2cc(O)cc(-c3nc4c5c(nc(OC[C@@]67CCCN6CC(F)C7)nc5c3F)N3CCCC[C@H]3CO4)c12. The van der Waals surface area contributed by atoms with Gasteiger partial charge in [-0.25, -0.2) is 18.2 Å². The molecule has 8 nitrogen and oxygen atoms in total. The minimum Gasteiger partial charge on any atom is -0.508 e. The molecule has 3 atom stereocenters. The maximum atomic E-state index is 16.9. The van der Waals surface area contributed by atoms with Gasteiger partial charge in [0.05, 0.1) is 17.1 Å². The number of halogens is 3. The Hall–Kier alpha value is -4.30. The molecule has 45 heavy (non-hydrogen) atoms. The molecule has 3 saturated heterocycles. The molecule has 0 radical (unpaired) electrons. The number of aromatic hydroxyl groups is 1. The number of rotatable bonds is 4. The van der Waals surface area contributed by atoms with Gasteiger partial charge in [0.1, 0.15) is 53.4 Å². The molecular formula is C34H32F3N5O3. The topological polar surface area (TPSA) is 83.8 Å². The van der Waals surface area contributed by atoms with Gasteiger partial charge in [0.25, 0.3) is 0 Å². The van der Waals surface area contributed by atoms with E-state index in [-0.39, 0.29) is 58.0 Å². The smallest absolute Gasteiger partial charge is 0.319 e. The molecule has 4 aromatic rings. The second-order valence-corrected chi connectivity index (χ2v) is 12.8. The van der Waals surface area contributed by atoms with Crippen molar-refractivity contribution in [3.05, 3.63) is 41.0 Å². The second kappa shape index (κ2) is 10.4. The summed E-state index contributed by atoms with van der Waals surface area (Å²) >= 11 is 0. The maximum absolute atomic E-state index is 16.9. The van der Waals surface area contributed by atoms with Crippen molar-refractivity contribution < 1.29 is 27.8 Å². The lowest BCUT2D eigenvalue weighted by molar-refractivity contribution is 0.107. The molecule has 0 spiro atoms. The minimum atomic E-state index is -0.922. The zero-order valence-electron chi connectivity index (χ0n) is 24.9. The quantitative estimate of drug-likeness (QED) is 0.288. The van der Waals surface area contributed by atoms with Crippen molar-refractivity contribution in [1.29, 1.82) is 0 Å². The second-order valence-electron chi connectivity index (χ2n) is 12.8. The summed E-state index contributed by atoms with van der Waals surface area (Å²) < 4.78 is 59.1. The van der Waals surface area contributed by atoms with Crippen LogP contribution >= 0.6 is 0 Å².